The predicted molar refractivity (Wildman–Crippen MR) is 113 cm³/mol. The van der Waals surface area contributed by atoms with Gasteiger partial charge in [-0.2, -0.15) is 0 Å². The minimum atomic E-state index is -1.27. The molecule has 182 valence electrons. The second kappa shape index (κ2) is 12.2. The van der Waals surface area contributed by atoms with Gasteiger partial charge in [-0.25, -0.2) is 0 Å². The standard InChI is InChI=1S/C23H30O10/c1-6-7-17-8-10-18(11-9-17)32-23-22(31-16(5)27)21(30-15(4)26)20(29-14(3)25)19(33-23)12-28-13(2)24/h8-11,19-23H,6-7,12H2,1-5H3/t19-,20+,21+,22+,23-/m0/s1. The zero-order valence-corrected chi connectivity index (χ0v) is 19.4. The van der Waals surface area contributed by atoms with E-state index < -0.39 is 54.6 Å². The molecule has 1 fully saturated rings. The van der Waals surface area contributed by atoms with Crippen molar-refractivity contribution in [2.75, 3.05) is 6.61 Å². The van der Waals surface area contributed by atoms with Gasteiger partial charge in [0.15, 0.2) is 12.2 Å². The van der Waals surface area contributed by atoms with Gasteiger partial charge in [-0.3, -0.25) is 19.2 Å². The lowest BCUT2D eigenvalue weighted by molar-refractivity contribution is -0.288. The van der Waals surface area contributed by atoms with E-state index in [2.05, 4.69) is 6.92 Å². The van der Waals surface area contributed by atoms with E-state index in [1.54, 1.807) is 12.1 Å². The Morgan fingerprint density at radius 3 is 1.85 bits per heavy atom. The Balaban J connectivity index is 2.40. The van der Waals surface area contributed by atoms with Crippen molar-refractivity contribution in [3.63, 3.8) is 0 Å². The van der Waals surface area contributed by atoms with Crippen molar-refractivity contribution in [2.24, 2.45) is 0 Å². The number of hydrogen-bond acceptors (Lipinski definition) is 10. The second-order valence-electron chi connectivity index (χ2n) is 7.58. The molecule has 0 saturated carbocycles. The Hall–Kier alpha value is -3.14. The monoisotopic (exact) mass is 466 g/mol. The van der Waals surface area contributed by atoms with Crippen molar-refractivity contribution in [2.45, 2.75) is 78.2 Å². The second-order valence-corrected chi connectivity index (χ2v) is 7.58. The quantitative estimate of drug-likeness (QED) is 0.395. The van der Waals surface area contributed by atoms with Gasteiger partial charge in [0, 0.05) is 27.7 Å². The number of rotatable bonds is 9. The van der Waals surface area contributed by atoms with Crippen LogP contribution in [0.5, 0.6) is 5.75 Å². The molecule has 33 heavy (non-hydrogen) atoms. The first-order chi connectivity index (χ1) is 15.6. The number of carbonyl (C=O) groups excluding carboxylic acids is 4. The van der Waals surface area contributed by atoms with Crippen LogP contribution >= 0.6 is 0 Å². The van der Waals surface area contributed by atoms with E-state index in [0.717, 1.165) is 32.3 Å². The molecule has 10 heteroatoms. The highest BCUT2D eigenvalue weighted by molar-refractivity contribution is 5.68. The van der Waals surface area contributed by atoms with Crippen molar-refractivity contribution < 1.29 is 47.6 Å². The third kappa shape index (κ3) is 8.05. The fourth-order valence-corrected chi connectivity index (χ4v) is 3.44. The summed E-state index contributed by atoms with van der Waals surface area (Å²) in [5.74, 6) is -2.26. The fraction of sp³-hybridized carbons (Fsp3) is 0.565. The molecule has 1 heterocycles. The summed E-state index contributed by atoms with van der Waals surface area (Å²) in [4.78, 5) is 46.8. The number of hydrogen-bond donors (Lipinski definition) is 0. The summed E-state index contributed by atoms with van der Waals surface area (Å²) >= 11 is 0. The minimum absolute atomic E-state index is 0.312. The van der Waals surface area contributed by atoms with Crippen LogP contribution in [0.4, 0.5) is 0 Å². The lowest BCUT2D eigenvalue weighted by atomic mass is 9.98. The van der Waals surface area contributed by atoms with Crippen LogP contribution in [-0.4, -0.2) is 61.2 Å². The lowest BCUT2D eigenvalue weighted by Crippen LogP contribution is -2.63. The molecule has 0 bridgehead atoms. The molecule has 5 atom stereocenters. The molecule has 0 aromatic heterocycles. The average molecular weight is 466 g/mol. The van der Waals surface area contributed by atoms with Crippen LogP contribution < -0.4 is 4.74 Å². The number of aryl methyl sites for hydroxylation is 1. The molecule has 10 nitrogen and oxygen atoms in total. The van der Waals surface area contributed by atoms with Gasteiger partial charge >= 0.3 is 23.9 Å². The summed E-state index contributed by atoms with van der Waals surface area (Å²) in [7, 11) is 0. The average Bonchev–Trinajstić information content (AvgIpc) is 2.71. The molecule has 0 spiro atoms. The summed E-state index contributed by atoms with van der Waals surface area (Å²) in [5.41, 5.74) is 1.12. The van der Waals surface area contributed by atoms with Gasteiger partial charge in [-0.15, -0.1) is 0 Å². The molecule has 0 amide bonds. The Bertz CT molecular complexity index is 834. The Morgan fingerprint density at radius 1 is 0.788 bits per heavy atom. The highest BCUT2D eigenvalue weighted by Crippen LogP contribution is 2.31. The van der Waals surface area contributed by atoms with Crippen molar-refractivity contribution in [3.05, 3.63) is 29.8 Å². The molecule has 0 radical (unpaired) electrons. The first-order valence-electron chi connectivity index (χ1n) is 10.7. The van der Waals surface area contributed by atoms with Crippen molar-refractivity contribution in [3.8, 4) is 5.75 Å². The van der Waals surface area contributed by atoms with Gasteiger partial charge in [0.1, 0.15) is 18.5 Å². The fourth-order valence-electron chi connectivity index (χ4n) is 3.44. The highest BCUT2D eigenvalue weighted by atomic mass is 16.7. The lowest BCUT2D eigenvalue weighted by Gasteiger charge is -2.43. The van der Waals surface area contributed by atoms with E-state index >= 15 is 0 Å². The Labute approximate surface area is 192 Å². The molecule has 0 aliphatic carbocycles. The molecule has 1 saturated heterocycles. The Morgan fingerprint density at radius 2 is 1.33 bits per heavy atom. The maximum Gasteiger partial charge on any atom is 0.303 e. The topological polar surface area (TPSA) is 124 Å². The highest BCUT2D eigenvalue weighted by Gasteiger charge is 2.53. The van der Waals surface area contributed by atoms with E-state index in [1.807, 2.05) is 12.1 Å². The molecule has 1 aromatic rings. The number of ether oxygens (including phenoxy) is 6. The predicted octanol–water partition coefficient (Wildman–Crippen LogP) is 2.10. The van der Waals surface area contributed by atoms with E-state index in [9.17, 15) is 19.2 Å². The van der Waals surface area contributed by atoms with E-state index in [1.165, 1.54) is 13.8 Å². The molecule has 0 unspecified atom stereocenters. The van der Waals surface area contributed by atoms with E-state index in [0.29, 0.717) is 5.75 Å². The van der Waals surface area contributed by atoms with Crippen molar-refractivity contribution in [1.82, 2.24) is 0 Å². The van der Waals surface area contributed by atoms with Crippen LogP contribution in [0, 0.1) is 0 Å². The van der Waals surface area contributed by atoms with Crippen LogP contribution in [0.25, 0.3) is 0 Å². The zero-order chi connectivity index (χ0) is 24.5. The third-order valence-corrected chi connectivity index (χ3v) is 4.66. The molecule has 2 rings (SSSR count). The maximum absolute atomic E-state index is 11.8. The van der Waals surface area contributed by atoms with Crippen LogP contribution in [0.2, 0.25) is 0 Å². The zero-order valence-electron chi connectivity index (χ0n) is 19.4. The molecule has 1 aliphatic rings. The molecule has 1 aromatic carbocycles. The normalized spacial score (nSPS) is 24.3. The van der Waals surface area contributed by atoms with Gasteiger partial charge in [0.25, 0.3) is 0 Å². The summed E-state index contributed by atoms with van der Waals surface area (Å²) < 4.78 is 33.0. The SMILES string of the molecule is CCCc1ccc(O[C@H]2O[C@@H](COC(C)=O)[C@@H](OC(C)=O)[C@@H](OC(C)=O)[C@H]2OC(C)=O)cc1. The number of carbonyl (C=O) groups is 4. The van der Waals surface area contributed by atoms with Gasteiger partial charge in [0.2, 0.25) is 12.4 Å². The largest absolute Gasteiger partial charge is 0.463 e. The van der Waals surface area contributed by atoms with Gasteiger partial charge in [0.05, 0.1) is 0 Å². The molecular formula is C23H30O10. The van der Waals surface area contributed by atoms with Gasteiger partial charge in [-0.05, 0) is 24.1 Å². The summed E-state index contributed by atoms with van der Waals surface area (Å²) in [6.07, 6.45) is -4.17. The van der Waals surface area contributed by atoms with Crippen molar-refractivity contribution in [1.29, 1.82) is 0 Å². The molecule has 0 N–H and O–H groups in total. The van der Waals surface area contributed by atoms with Crippen LogP contribution in [-0.2, 0) is 49.3 Å². The van der Waals surface area contributed by atoms with E-state index in [-0.39, 0.29) is 6.61 Å². The first kappa shape index (κ1) is 26.1. The minimum Gasteiger partial charge on any atom is -0.463 e. The third-order valence-electron chi connectivity index (χ3n) is 4.66. The van der Waals surface area contributed by atoms with E-state index in [4.69, 9.17) is 28.4 Å². The molecular weight excluding hydrogens is 436 g/mol. The summed E-state index contributed by atoms with van der Waals surface area (Å²) in [6, 6.07) is 7.26. The first-order valence-corrected chi connectivity index (χ1v) is 10.7. The molecule has 1 aliphatic heterocycles. The van der Waals surface area contributed by atoms with Gasteiger partial charge < -0.3 is 28.4 Å². The number of benzene rings is 1. The number of esters is 4. The van der Waals surface area contributed by atoms with Gasteiger partial charge in [-0.1, -0.05) is 25.5 Å². The maximum atomic E-state index is 11.8. The van der Waals surface area contributed by atoms with Crippen LogP contribution in [0.15, 0.2) is 24.3 Å². The van der Waals surface area contributed by atoms with Crippen LogP contribution in [0.1, 0.15) is 46.6 Å². The summed E-state index contributed by atoms with van der Waals surface area (Å²) in [6.45, 7) is 6.46. The van der Waals surface area contributed by atoms with Crippen LogP contribution in [0.3, 0.4) is 0 Å². The Kier molecular flexibility index (Phi) is 9.65. The smallest absolute Gasteiger partial charge is 0.303 e. The summed E-state index contributed by atoms with van der Waals surface area (Å²) in [5, 5.41) is 0. The van der Waals surface area contributed by atoms with Crippen molar-refractivity contribution >= 4 is 23.9 Å².